The first-order valence-corrected chi connectivity index (χ1v) is 6.32. The lowest BCUT2D eigenvalue weighted by Crippen LogP contribution is -2.32. The maximum Gasteiger partial charge on any atom is 0.251 e. The quantitative estimate of drug-likeness (QED) is 0.820. The second kappa shape index (κ2) is 4.87. The van der Waals surface area contributed by atoms with Gasteiger partial charge in [0.1, 0.15) is 0 Å². The molecule has 0 unspecified atom stereocenters. The second-order valence-electron chi connectivity index (χ2n) is 4.19. The van der Waals surface area contributed by atoms with Gasteiger partial charge in [0.2, 0.25) is 0 Å². The molecule has 3 nitrogen and oxygen atoms in total. The molecule has 0 aromatic heterocycles. The van der Waals surface area contributed by atoms with Gasteiger partial charge in [0.05, 0.1) is 0 Å². The van der Waals surface area contributed by atoms with Gasteiger partial charge in [-0.1, -0.05) is 12.8 Å². The SMILES string of the molecule is Nc1ccc(C(=O)NC2CCCC2)cc1Br. The van der Waals surface area contributed by atoms with Crippen LogP contribution in [0.1, 0.15) is 36.0 Å². The molecule has 1 fully saturated rings. The zero-order chi connectivity index (χ0) is 11.5. The van der Waals surface area contributed by atoms with Gasteiger partial charge in [-0.05, 0) is 47.0 Å². The van der Waals surface area contributed by atoms with E-state index in [4.69, 9.17) is 5.73 Å². The van der Waals surface area contributed by atoms with E-state index in [0.29, 0.717) is 17.3 Å². The Morgan fingerprint density at radius 2 is 2.06 bits per heavy atom. The first kappa shape index (κ1) is 11.5. The molecule has 16 heavy (non-hydrogen) atoms. The standard InChI is InChI=1S/C12H15BrN2O/c13-10-7-8(5-6-11(10)14)12(16)15-9-3-1-2-4-9/h5-7,9H,1-4,14H2,(H,15,16). The van der Waals surface area contributed by atoms with Gasteiger partial charge in [-0.15, -0.1) is 0 Å². The van der Waals surface area contributed by atoms with E-state index in [1.54, 1.807) is 18.2 Å². The Kier molecular flexibility index (Phi) is 3.49. The van der Waals surface area contributed by atoms with E-state index in [1.165, 1.54) is 12.8 Å². The number of rotatable bonds is 2. The van der Waals surface area contributed by atoms with E-state index in [2.05, 4.69) is 21.2 Å². The lowest BCUT2D eigenvalue weighted by molar-refractivity contribution is 0.0938. The van der Waals surface area contributed by atoms with E-state index in [-0.39, 0.29) is 5.91 Å². The van der Waals surface area contributed by atoms with Crippen LogP contribution in [-0.2, 0) is 0 Å². The number of amides is 1. The Bertz CT molecular complexity index is 400. The highest BCUT2D eigenvalue weighted by Crippen LogP contribution is 2.21. The topological polar surface area (TPSA) is 55.1 Å². The van der Waals surface area contributed by atoms with Crippen LogP contribution in [0.4, 0.5) is 5.69 Å². The number of nitrogens with one attached hydrogen (secondary N) is 1. The number of nitrogens with two attached hydrogens (primary N) is 1. The lowest BCUT2D eigenvalue weighted by Gasteiger charge is -2.12. The molecule has 2 rings (SSSR count). The normalized spacial score (nSPS) is 16.3. The van der Waals surface area contributed by atoms with Gasteiger partial charge in [0, 0.05) is 21.8 Å². The maximum atomic E-state index is 11.9. The minimum atomic E-state index is -0.00685. The molecular formula is C12H15BrN2O. The Balaban J connectivity index is 2.05. The number of anilines is 1. The summed E-state index contributed by atoms with van der Waals surface area (Å²) in [5, 5.41) is 3.04. The molecule has 0 radical (unpaired) electrons. The van der Waals surface area contributed by atoms with Crippen molar-refractivity contribution in [3.63, 3.8) is 0 Å². The van der Waals surface area contributed by atoms with Gasteiger partial charge in [-0.3, -0.25) is 4.79 Å². The Morgan fingerprint density at radius 1 is 1.38 bits per heavy atom. The van der Waals surface area contributed by atoms with Crippen LogP contribution in [0.5, 0.6) is 0 Å². The Hall–Kier alpha value is -1.03. The van der Waals surface area contributed by atoms with E-state index in [1.807, 2.05) is 0 Å². The summed E-state index contributed by atoms with van der Waals surface area (Å²) in [6.07, 6.45) is 4.64. The van der Waals surface area contributed by atoms with E-state index in [0.717, 1.165) is 17.3 Å². The zero-order valence-electron chi connectivity index (χ0n) is 9.00. The van der Waals surface area contributed by atoms with Crippen molar-refractivity contribution in [2.24, 2.45) is 0 Å². The van der Waals surface area contributed by atoms with Crippen molar-refractivity contribution in [2.45, 2.75) is 31.7 Å². The highest BCUT2D eigenvalue weighted by Gasteiger charge is 2.18. The van der Waals surface area contributed by atoms with Crippen LogP contribution in [0.15, 0.2) is 22.7 Å². The van der Waals surface area contributed by atoms with Gasteiger partial charge in [0.15, 0.2) is 0 Å². The number of hydrogen-bond donors (Lipinski definition) is 2. The average Bonchev–Trinajstić information content (AvgIpc) is 2.74. The van der Waals surface area contributed by atoms with Crippen LogP contribution in [0.2, 0.25) is 0 Å². The first-order valence-electron chi connectivity index (χ1n) is 5.52. The van der Waals surface area contributed by atoms with Crippen LogP contribution in [0, 0.1) is 0 Å². The number of benzene rings is 1. The molecule has 1 amide bonds. The zero-order valence-corrected chi connectivity index (χ0v) is 10.6. The second-order valence-corrected chi connectivity index (χ2v) is 5.05. The van der Waals surface area contributed by atoms with Crippen LogP contribution in [-0.4, -0.2) is 11.9 Å². The molecule has 86 valence electrons. The predicted molar refractivity (Wildman–Crippen MR) is 68.3 cm³/mol. The molecule has 3 N–H and O–H groups in total. The highest BCUT2D eigenvalue weighted by atomic mass is 79.9. The van der Waals surface area contributed by atoms with Gasteiger partial charge < -0.3 is 11.1 Å². The molecule has 1 aromatic rings. The minimum absolute atomic E-state index is 0.00685. The molecule has 0 aliphatic heterocycles. The molecule has 4 heteroatoms. The fraction of sp³-hybridized carbons (Fsp3) is 0.417. The maximum absolute atomic E-state index is 11.9. The van der Waals surface area contributed by atoms with Gasteiger partial charge in [0.25, 0.3) is 5.91 Å². The van der Waals surface area contributed by atoms with Crippen LogP contribution in [0.25, 0.3) is 0 Å². The first-order chi connectivity index (χ1) is 7.66. The fourth-order valence-electron chi connectivity index (χ4n) is 2.01. The molecular weight excluding hydrogens is 268 g/mol. The Morgan fingerprint density at radius 3 is 2.69 bits per heavy atom. The average molecular weight is 283 g/mol. The van der Waals surface area contributed by atoms with Crippen molar-refractivity contribution >= 4 is 27.5 Å². The van der Waals surface area contributed by atoms with Gasteiger partial charge in [-0.2, -0.15) is 0 Å². The molecule has 0 saturated heterocycles. The number of hydrogen-bond acceptors (Lipinski definition) is 2. The van der Waals surface area contributed by atoms with Crippen LogP contribution >= 0.6 is 15.9 Å². The summed E-state index contributed by atoms with van der Waals surface area (Å²) >= 11 is 3.32. The molecule has 1 saturated carbocycles. The summed E-state index contributed by atoms with van der Waals surface area (Å²) in [6.45, 7) is 0. The molecule has 0 spiro atoms. The summed E-state index contributed by atoms with van der Waals surface area (Å²) in [5.74, 6) is -0.00685. The molecule has 1 aliphatic rings. The fourth-order valence-corrected chi connectivity index (χ4v) is 2.39. The Labute approximate surface area is 104 Å². The van der Waals surface area contributed by atoms with Crippen molar-refractivity contribution in [1.82, 2.24) is 5.32 Å². The highest BCUT2D eigenvalue weighted by molar-refractivity contribution is 9.10. The molecule has 0 heterocycles. The number of carbonyl (C=O) groups excluding carboxylic acids is 1. The number of nitrogen functional groups attached to an aromatic ring is 1. The van der Waals surface area contributed by atoms with E-state index in [9.17, 15) is 4.79 Å². The lowest BCUT2D eigenvalue weighted by atomic mass is 10.1. The number of halogens is 1. The van der Waals surface area contributed by atoms with Crippen molar-refractivity contribution < 1.29 is 4.79 Å². The third kappa shape index (κ3) is 2.55. The third-order valence-corrected chi connectivity index (χ3v) is 3.64. The summed E-state index contributed by atoms with van der Waals surface area (Å²) in [5.41, 5.74) is 6.98. The van der Waals surface area contributed by atoms with Crippen molar-refractivity contribution in [3.8, 4) is 0 Å². The molecule has 0 bridgehead atoms. The van der Waals surface area contributed by atoms with E-state index >= 15 is 0 Å². The number of carbonyl (C=O) groups is 1. The molecule has 1 aliphatic carbocycles. The van der Waals surface area contributed by atoms with Gasteiger partial charge in [-0.25, -0.2) is 0 Å². The van der Waals surface area contributed by atoms with Crippen molar-refractivity contribution in [1.29, 1.82) is 0 Å². The summed E-state index contributed by atoms with van der Waals surface area (Å²) in [4.78, 5) is 11.9. The monoisotopic (exact) mass is 282 g/mol. The predicted octanol–water partition coefficient (Wildman–Crippen LogP) is 2.70. The van der Waals surface area contributed by atoms with Crippen LogP contribution in [0.3, 0.4) is 0 Å². The summed E-state index contributed by atoms with van der Waals surface area (Å²) in [6, 6.07) is 5.61. The summed E-state index contributed by atoms with van der Waals surface area (Å²) in [7, 11) is 0. The molecule has 0 atom stereocenters. The third-order valence-electron chi connectivity index (χ3n) is 2.95. The summed E-state index contributed by atoms with van der Waals surface area (Å²) < 4.78 is 0.770. The molecule has 1 aromatic carbocycles. The van der Waals surface area contributed by atoms with Crippen molar-refractivity contribution in [3.05, 3.63) is 28.2 Å². The largest absolute Gasteiger partial charge is 0.398 e. The smallest absolute Gasteiger partial charge is 0.251 e. The van der Waals surface area contributed by atoms with Crippen LogP contribution < -0.4 is 11.1 Å². The van der Waals surface area contributed by atoms with E-state index < -0.39 is 0 Å². The van der Waals surface area contributed by atoms with Gasteiger partial charge >= 0.3 is 0 Å². The van der Waals surface area contributed by atoms with Crippen molar-refractivity contribution in [2.75, 3.05) is 5.73 Å². The minimum Gasteiger partial charge on any atom is -0.398 e.